The number of aromatic nitrogens is 2. The van der Waals surface area contributed by atoms with Gasteiger partial charge in [-0.1, -0.05) is 18.2 Å². The predicted molar refractivity (Wildman–Crippen MR) is 93.1 cm³/mol. The molecular weight excluding hydrogens is 302 g/mol. The van der Waals surface area contributed by atoms with Gasteiger partial charge >= 0.3 is 5.97 Å². The first-order valence-corrected chi connectivity index (χ1v) is 8.56. The number of carboxylic acids is 1. The smallest absolute Gasteiger partial charge is 0.335 e. The molecule has 2 aromatic rings. The van der Waals surface area contributed by atoms with Crippen LogP contribution in [-0.2, 0) is 20.0 Å². The molecule has 0 unspecified atom stereocenters. The molecule has 0 saturated carbocycles. The van der Waals surface area contributed by atoms with Crippen LogP contribution < -0.4 is 0 Å². The fourth-order valence-electron chi connectivity index (χ4n) is 3.61. The molecule has 1 aromatic carbocycles. The number of rotatable bonds is 5. The molecule has 0 bridgehead atoms. The van der Waals surface area contributed by atoms with Crippen LogP contribution in [0.1, 0.15) is 40.2 Å². The molecule has 0 spiro atoms. The molecule has 0 atom stereocenters. The quantitative estimate of drug-likeness (QED) is 0.917. The lowest BCUT2D eigenvalue weighted by Gasteiger charge is -2.32. The number of aromatic carboxylic acids is 1. The Kier molecular flexibility index (Phi) is 5.00. The molecule has 0 aliphatic carbocycles. The lowest BCUT2D eigenvalue weighted by Crippen LogP contribution is -2.34. The van der Waals surface area contributed by atoms with Crippen molar-refractivity contribution < 1.29 is 9.90 Å². The van der Waals surface area contributed by atoms with Crippen molar-refractivity contribution in [1.82, 2.24) is 14.7 Å². The van der Waals surface area contributed by atoms with E-state index in [0.29, 0.717) is 11.5 Å². The number of piperidine rings is 1. The minimum atomic E-state index is -0.824. The molecular formula is C19H25N3O2. The second-order valence-corrected chi connectivity index (χ2v) is 6.79. The number of nitrogens with zero attached hydrogens (tertiary/aromatic N) is 3. The Bertz CT molecular complexity index is 715. The zero-order chi connectivity index (χ0) is 17.1. The van der Waals surface area contributed by atoms with Gasteiger partial charge in [0.05, 0.1) is 17.0 Å². The zero-order valence-electron chi connectivity index (χ0n) is 14.4. The SMILES string of the molecule is Cc1cc(CN2CCC(Cc3ccccc3C(=O)O)CC2)n(C)n1. The molecule has 1 aliphatic heterocycles. The van der Waals surface area contributed by atoms with E-state index < -0.39 is 5.97 Å². The van der Waals surface area contributed by atoms with Crippen molar-refractivity contribution in [1.29, 1.82) is 0 Å². The van der Waals surface area contributed by atoms with Crippen molar-refractivity contribution in [2.45, 2.75) is 32.7 Å². The Morgan fingerprint density at radius 3 is 2.62 bits per heavy atom. The number of hydrogen-bond acceptors (Lipinski definition) is 3. The highest BCUT2D eigenvalue weighted by Crippen LogP contribution is 2.24. The average Bonchev–Trinajstić information content (AvgIpc) is 2.87. The molecule has 2 heterocycles. The van der Waals surface area contributed by atoms with Crippen LogP contribution in [0.5, 0.6) is 0 Å². The second-order valence-electron chi connectivity index (χ2n) is 6.79. The third kappa shape index (κ3) is 3.85. The maximum atomic E-state index is 11.3. The van der Waals surface area contributed by atoms with Crippen LogP contribution >= 0.6 is 0 Å². The van der Waals surface area contributed by atoms with Gasteiger partial charge < -0.3 is 5.11 Å². The summed E-state index contributed by atoms with van der Waals surface area (Å²) in [5.41, 5.74) is 3.73. The molecule has 1 fully saturated rings. The summed E-state index contributed by atoms with van der Waals surface area (Å²) >= 11 is 0. The Balaban J connectivity index is 1.56. The number of carboxylic acid groups (broad SMARTS) is 1. The summed E-state index contributed by atoms with van der Waals surface area (Å²) in [7, 11) is 2.00. The summed E-state index contributed by atoms with van der Waals surface area (Å²) in [5, 5.41) is 13.7. The van der Waals surface area contributed by atoms with E-state index in [2.05, 4.69) is 16.1 Å². The van der Waals surface area contributed by atoms with Crippen molar-refractivity contribution >= 4 is 5.97 Å². The van der Waals surface area contributed by atoms with Crippen LogP contribution in [0.25, 0.3) is 0 Å². The summed E-state index contributed by atoms with van der Waals surface area (Å²) in [6.45, 7) is 5.08. The van der Waals surface area contributed by atoms with Gasteiger partial charge in [-0.15, -0.1) is 0 Å². The third-order valence-corrected chi connectivity index (χ3v) is 4.95. The fraction of sp³-hybridized carbons (Fsp3) is 0.474. The van der Waals surface area contributed by atoms with E-state index in [1.54, 1.807) is 12.1 Å². The zero-order valence-corrected chi connectivity index (χ0v) is 14.4. The Hall–Kier alpha value is -2.14. The van der Waals surface area contributed by atoms with Gasteiger partial charge in [-0.25, -0.2) is 4.79 Å². The average molecular weight is 327 g/mol. The van der Waals surface area contributed by atoms with E-state index in [9.17, 15) is 9.90 Å². The monoisotopic (exact) mass is 327 g/mol. The van der Waals surface area contributed by atoms with E-state index in [0.717, 1.165) is 50.2 Å². The number of benzene rings is 1. The number of aryl methyl sites for hydroxylation is 2. The highest BCUT2D eigenvalue weighted by Gasteiger charge is 2.22. The number of likely N-dealkylation sites (tertiary alicyclic amines) is 1. The minimum Gasteiger partial charge on any atom is -0.478 e. The Labute approximate surface area is 142 Å². The first kappa shape index (κ1) is 16.7. The third-order valence-electron chi connectivity index (χ3n) is 4.95. The fourth-order valence-corrected chi connectivity index (χ4v) is 3.61. The van der Waals surface area contributed by atoms with Crippen molar-refractivity contribution in [3.8, 4) is 0 Å². The summed E-state index contributed by atoms with van der Waals surface area (Å²) in [4.78, 5) is 13.8. The maximum absolute atomic E-state index is 11.3. The lowest BCUT2D eigenvalue weighted by molar-refractivity contribution is 0.0695. The van der Waals surface area contributed by atoms with Crippen LogP contribution in [0, 0.1) is 12.8 Å². The van der Waals surface area contributed by atoms with E-state index in [4.69, 9.17) is 0 Å². The van der Waals surface area contributed by atoms with Gasteiger partial charge in [-0.2, -0.15) is 5.10 Å². The molecule has 5 nitrogen and oxygen atoms in total. The van der Waals surface area contributed by atoms with Crippen molar-refractivity contribution in [2.75, 3.05) is 13.1 Å². The van der Waals surface area contributed by atoms with Crippen molar-refractivity contribution in [2.24, 2.45) is 13.0 Å². The Morgan fingerprint density at radius 1 is 1.29 bits per heavy atom. The van der Waals surface area contributed by atoms with Gasteiger partial charge in [0, 0.05) is 13.6 Å². The first-order chi connectivity index (χ1) is 11.5. The second kappa shape index (κ2) is 7.18. The van der Waals surface area contributed by atoms with Crippen LogP contribution in [0.2, 0.25) is 0 Å². The maximum Gasteiger partial charge on any atom is 0.335 e. The van der Waals surface area contributed by atoms with Gasteiger partial charge in [0.25, 0.3) is 0 Å². The van der Waals surface area contributed by atoms with Crippen LogP contribution in [-0.4, -0.2) is 38.8 Å². The lowest BCUT2D eigenvalue weighted by atomic mass is 9.88. The summed E-state index contributed by atoms with van der Waals surface area (Å²) in [6, 6.07) is 9.54. The molecule has 0 radical (unpaired) electrons. The molecule has 1 saturated heterocycles. The van der Waals surface area contributed by atoms with Crippen molar-refractivity contribution in [3.63, 3.8) is 0 Å². The van der Waals surface area contributed by atoms with E-state index >= 15 is 0 Å². The molecule has 0 amide bonds. The van der Waals surface area contributed by atoms with Gasteiger partial charge in [-0.3, -0.25) is 9.58 Å². The van der Waals surface area contributed by atoms with Gasteiger partial charge in [-0.05, 0) is 62.9 Å². The summed E-state index contributed by atoms with van der Waals surface area (Å²) in [5.74, 6) is -0.260. The van der Waals surface area contributed by atoms with Crippen molar-refractivity contribution in [3.05, 3.63) is 52.8 Å². The van der Waals surface area contributed by atoms with E-state index in [-0.39, 0.29) is 0 Å². The molecule has 5 heteroatoms. The summed E-state index contributed by atoms with van der Waals surface area (Å²) < 4.78 is 1.96. The number of carbonyl (C=O) groups is 1. The van der Waals surface area contributed by atoms with Gasteiger partial charge in [0.15, 0.2) is 0 Å². The normalized spacial score (nSPS) is 16.4. The highest BCUT2D eigenvalue weighted by molar-refractivity contribution is 5.89. The van der Waals surface area contributed by atoms with Gasteiger partial charge in [0.2, 0.25) is 0 Å². The van der Waals surface area contributed by atoms with Crippen LogP contribution in [0.3, 0.4) is 0 Å². The summed E-state index contributed by atoms with van der Waals surface area (Å²) in [6.07, 6.45) is 3.09. The molecule has 1 aliphatic rings. The highest BCUT2D eigenvalue weighted by atomic mass is 16.4. The van der Waals surface area contributed by atoms with E-state index in [1.165, 1.54) is 5.69 Å². The number of hydrogen-bond donors (Lipinski definition) is 1. The molecule has 3 rings (SSSR count). The first-order valence-electron chi connectivity index (χ1n) is 8.56. The molecule has 128 valence electrons. The largest absolute Gasteiger partial charge is 0.478 e. The Morgan fingerprint density at radius 2 is 2.00 bits per heavy atom. The minimum absolute atomic E-state index is 0.449. The van der Waals surface area contributed by atoms with E-state index in [1.807, 2.05) is 30.8 Å². The topological polar surface area (TPSA) is 58.4 Å². The molecule has 1 N–H and O–H groups in total. The molecule has 24 heavy (non-hydrogen) atoms. The molecule has 1 aromatic heterocycles. The standard InChI is InChI=1S/C19H25N3O2/c1-14-11-17(21(2)20-14)13-22-9-7-15(8-10-22)12-16-5-3-4-6-18(16)19(23)24/h3-6,11,15H,7-10,12-13H2,1-2H3,(H,23,24). The predicted octanol–water partition coefficient (Wildman–Crippen LogP) is 2.88. The van der Waals surface area contributed by atoms with Crippen LogP contribution in [0.4, 0.5) is 0 Å². The van der Waals surface area contributed by atoms with Gasteiger partial charge in [0.1, 0.15) is 0 Å². The van der Waals surface area contributed by atoms with Crippen LogP contribution in [0.15, 0.2) is 30.3 Å².